The van der Waals surface area contributed by atoms with Crippen molar-refractivity contribution in [2.45, 2.75) is 38.9 Å². The molecular formula is C12H16ClN3O2S2. The molecule has 0 amide bonds. The topological polar surface area (TPSA) is 64.8 Å². The first-order chi connectivity index (χ1) is 9.32. The molecule has 0 N–H and O–H groups in total. The molecule has 0 aliphatic rings. The highest BCUT2D eigenvalue weighted by Gasteiger charge is 2.24. The van der Waals surface area contributed by atoms with Crippen LogP contribution in [0, 0.1) is 5.92 Å². The van der Waals surface area contributed by atoms with E-state index in [0.717, 1.165) is 11.3 Å². The maximum Gasteiger partial charge on any atom is 0.296 e. The van der Waals surface area contributed by atoms with Crippen molar-refractivity contribution in [1.29, 1.82) is 0 Å². The van der Waals surface area contributed by atoms with Gasteiger partial charge in [0.1, 0.15) is 0 Å². The highest BCUT2D eigenvalue weighted by molar-refractivity contribution is 8.13. The molecule has 2 aromatic heterocycles. The molecule has 0 saturated carbocycles. The summed E-state index contributed by atoms with van der Waals surface area (Å²) in [5.74, 6) is 0.815. The SMILES string of the molecule is CCc1ccc(-c2nnc(S(=O)(=O)Cl)n2CC(C)C)s1. The number of rotatable bonds is 5. The van der Waals surface area contributed by atoms with Gasteiger partial charge in [0.05, 0.1) is 4.88 Å². The van der Waals surface area contributed by atoms with Gasteiger partial charge in [0.25, 0.3) is 14.2 Å². The van der Waals surface area contributed by atoms with Crippen LogP contribution in [0.2, 0.25) is 0 Å². The zero-order valence-corrected chi connectivity index (χ0v) is 13.9. The molecule has 0 aliphatic carbocycles. The summed E-state index contributed by atoms with van der Waals surface area (Å²) < 4.78 is 24.8. The maximum absolute atomic E-state index is 11.6. The Bertz CT molecular complexity index is 704. The first-order valence-corrected chi connectivity index (χ1v) is 9.42. The lowest BCUT2D eigenvalue weighted by Gasteiger charge is -2.10. The van der Waals surface area contributed by atoms with Crippen molar-refractivity contribution >= 4 is 31.1 Å². The van der Waals surface area contributed by atoms with Gasteiger partial charge in [0.15, 0.2) is 5.82 Å². The van der Waals surface area contributed by atoms with Gasteiger partial charge in [-0.2, -0.15) is 0 Å². The molecule has 0 fully saturated rings. The summed E-state index contributed by atoms with van der Waals surface area (Å²) >= 11 is 1.59. The van der Waals surface area contributed by atoms with Crippen molar-refractivity contribution in [3.63, 3.8) is 0 Å². The zero-order valence-electron chi connectivity index (χ0n) is 11.5. The summed E-state index contributed by atoms with van der Waals surface area (Å²) in [4.78, 5) is 2.12. The standard InChI is InChI=1S/C12H16ClN3O2S2/c1-4-9-5-6-10(19-9)11-14-15-12(20(13,17)18)16(11)7-8(2)3/h5-6,8H,4,7H2,1-3H3. The number of aryl methyl sites for hydroxylation is 1. The van der Waals surface area contributed by atoms with E-state index in [1.165, 1.54) is 4.88 Å². The molecule has 0 aromatic carbocycles. The molecule has 0 atom stereocenters. The normalized spacial score (nSPS) is 12.2. The van der Waals surface area contributed by atoms with Crippen LogP contribution in [0.1, 0.15) is 25.6 Å². The smallest absolute Gasteiger partial charge is 0.296 e. The minimum Gasteiger partial charge on any atom is -0.296 e. The molecule has 20 heavy (non-hydrogen) atoms. The molecule has 0 saturated heterocycles. The highest BCUT2D eigenvalue weighted by Crippen LogP contribution is 2.29. The Labute approximate surface area is 127 Å². The van der Waals surface area contributed by atoms with Crippen molar-refractivity contribution < 1.29 is 8.42 Å². The van der Waals surface area contributed by atoms with E-state index in [-0.39, 0.29) is 11.1 Å². The van der Waals surface area contributed by atoms with E-state index in [2.05, 4.69) is 17.1 Å². The van der Waals surface area contributed by atoms with Crippen LogP contribution in [-0.2, 0) is 22.0 Å². The van der Waals surface area contributed by atoms with E-state index < -0.39 is 9.05 Å². The second-order valence-corrected chi connectivity index (χ2v) is 8.50. The molecule has 0 unspecified atom stereocenters. The van der Waals surface area contributed by atoms with Crippen molar-refractivity contribution in [1.82, 2.24) is 14.8 Å². The first-order valence-electron chi connectivity index (χ1n) is 6.29. The number of halogens is 1. The Morgan fingerprint density at radius 2 is 2.05 bits per heavy atom. The molecule has 2 heterocycles. The van der Waals surface area contributed by atoms with Crippen molar-refractivity contribution in [2.24, 2.45) is 5.92 Å². The Morgan fingerprint density at radius 3 is 2.55 bits per heavy atom. The van der Waals surface area contributed by atoms with Crippen LogP contribution >= 0.6 is 22.0 Å². The summed E-state index contributed by atoms with van der Waals surface area (Å²) in [7, 11) is 1.53. The van der Waals surface area contributed by atoms with Gasteiger partial charge in [-0.05, 0) is 24.5 Å². The lowest BCUT2D eigenvalue weighted by atomic mass is 10.2. The Hall–Kier alpha value is -0.920. The average molecular weight is 334 g/mol. The van der Waals surface area contributed by atoms with Crippen LogP contribution in [0.4, 0.5) is 0 Å². The van der Waals surface area contributed by atoms with Crippen LogP contribution in [0.5, 0.6) is 0 Å². The predicted octanol–water partition coefficient (Wildman–Crippen LogP) is 3.15. The van der Waals surface area contributed by atoms with Gasteiger partial charge in [-0.25, -0.2) is 8.42 Å². The van der Waals surface area contributed by atoms with E-state index in [1.54, 1.807) is 15.9 Å². The molecule has 5 nitrogen and oxygen atoms in total. The van der Waals surface area contributed by atoms with Crippen LogP contribution in [0.3, 0.4) is 0 Å². The minimum absolute atomic E-state index is 0.186. The van der Waals surface area contributed by atoms with Gasteiger partial charge in [-0.15, -0.1) is 21.5 Å². The number of hydrogen-bond donors (Lipinski definition) is 0. The molecule has 110 valence electrons. The summed E-state index contributed by atoms with van der Waals surface area (Å²) in [6.45, 7) is 6.58. The van der Waals surface area contributed by atoms with Crippen molar-refractivity contribution in [3.8, 4) is 10.7 Å². The molecule has 0 bridgehead atoms. The molecule has 2 rings (SSSR count). The van der Waals surface area contributed by atoms with E-state index in [1.807, 2.05) is 26.0 Å². The van der Waals surface area contributed by atoms with E-state index in [4.69, 9.17) is 10.7 Å². The van der Waals surface area contributed by atoms with Gasteiger partial charge >= 0.3 is 0 Å². The number of thiophene rings is 1. The third-order valence-corrected chi connectivity index (χ3v) is 5.09. The largest absolute Gasteiger partial charge is 0.296 e. The summed E-state index contributed by atoms with van der Waals surface area (Å²) in [6, 6.07) is 3.96. The van der Waals surface area contributed by atoms with Crippen LogP contribution in [-0.4, -0.2) is 23.2 Å². The van der Waals surface area contributed by atoms with Crippen LogP contribution < -0.4 is 0 Å². The lowest BCUT2D eigenvalue weighted by Crippen LogP contribution is -2.11. The number of aromatic nitrogens is 3. The fraction of sp³-hybridized carbons (Fsp3) is 0.500. The zero-order chi connectivity index (χ0) is 14.9. The Morgan fingerprint density at radius 1 is 1.35 bits per heavy atom. The van der Waals surface area contributed by atoms with Crippen LogP contribution in [0.15, 0.2) is 17.3 Å². The van der Waals surface area contributed by atoms with E-state index >= 15 is 0 Å². The van der Waals surface area contributed by atoms with Gasteiger partial charge in [0.2, 0.25) is 0 Å². The second-order valence-electron chi connectivity index (χ2n) is 4.87. The number of nitrogens with zero attached hydrogens (tertiary/aromatic N) is 3. The first kappa shape index (κ1) is 15.5. The van der Waals surface area contributed by atoms with Gasteiger partial charge in [-0.1, -0.05) is 20.8 Å². The highest BCUT2D eigenvalue weighted by atomic mass is 35.7. The third kappa shape index (κ3) is 3.21. The summed E-state index contributed by atoms with van der Waals surface area (Å²) in [5.41, 5.74) is 0. The molecule has 0 spiro atoms. The third-order valence-electron chi connectivity index (χ3n) is 2.71. The molecular weight excluding hydrogens is 318 g/mol. The fourth-order valence-corrected chi connectivity index (χ4v) is 3.72. The molecule has 8 heteroatoms. The molecule has 2 aromatic rings. The Kier molecular flexibility index (Phi) is 4.51. The van der Waals surface area contributed by atoms with E-state index in [9.17, 15) is 8.42 Å². The van der Waals surface area contributed by atoms with Crippen molar-refractivity contribution in [2.75, 3.05) is 0 Å². The Balaban J connectivity index is 2.55. The summed E-state index contributed by atoms with van der Waals surface area (Å²) in [5, 5.41) is 7.58. The fourth-order valence-electron chi connectivity index (χ4n) is 1.87. The molecule has 0 radical (unpaired) electrons. The van der Waals surface area contributed by atoms with E-state index in [0.29, 0.717) is 12.4 Å². The minimum atomic E-state index is -3.90. The maximum atomic E-state index is 11.6. The number of hydrogen-bond acceptors (Lipinski definition) is 5. The van der Waals surface area contributed by atoms with Gasteiger partial charge < -0.3 is 0 Å². The molecule has 0 aliphatic heterocycles. The monoisotopic (exact) mass is 333 g/mol. The van der Waals surface area contributed by atoms with Gasteiger partial charge in [-0.3, -0.25) is 4.57 Å². The predicted molar refractivity (Wildman–Crippen MR) is 80.6 cm³/mol. The quantitative estimate of drug-likeness (QED) is 0.788. The van der Waals surface area contributed by atoms with Gasteiger partial charge in [0, 0.05) is 22.1 Å². The van der Waals surface area contributed by atoms with Crippen molar-refractivity contribution in [3.05, 3.63) is 17.0 Å². The summed E-state index contributed by atoms with van der Waals surface area (Å²) in [6.07, 6.45) is 0.934. The lowest BCUT2D eigenvalue weighted by molar-refractivity contribution is 0.489. The second kappa shape index (κ2) is 5.83. The average Bonchev–Trinajstić information content (AvgIpc) is 2.92. The van der Waals surface area contributed by atoms with Crippen LogP contribution in [0.25, 0.3) is 10.7 Å².